The van der Waals surface area contributed by atoms with E-state index in [2.05, 4.69) is 11.1 Å². The fourth-order valence-electron chi connectivity index (χ4n) is 2.62. The minimum atomic E-state index is -0.323. The number of hydrogen-bond acceptors (Lipinski definition) is 2. The molecule has 0 aliphatic rings. The number of nitrogens with zero attached hydrogens (tertiary/aromatic N) is 1. The molecule has 3 aromatic rings. The zero-order valence-electron chi connectivity index (χ0n) is 13.8. The standard InChI is InChI=1S/C21H19ClFNO/c22-18-8-11-20(21(23)14-18)17-6-9-19(10-7-17)25-13-2-1-4-16-5-3-12-24-15-16/h3,5-12,14-15H,1-2,4,13H2. The number of aryl methyl sites for hydroxylation is 1. The van der Waals surface area contributed by atoms with Gasteiger partial charge in [-0.3, -0.25) is 4.98 Å². The molecule has 0 saturated carbocycles. The van der Waals surface area contributed by atoms with E-state index in [0.29, 0.717) is 17.2 Å². The Balaban J connectivity index is 1.48. The molecule has 0 amide bonds. The first-order valence-corrected chi connectivity index (χ1v) is 8.67. The van der Waals surface area contributed by atoms with Crippen molar-refractivity contribution in [3.05, 3.63) is 83.4 Å². The third-order valence-corrected chi connectivity index (χ3v) is 4.18. The van der Waals surface area contributed by atoms with Gasteiger partial charge in [0.1, 0.15) is 11.6 Å². The molecule has 0 aliphatic carbocycles. The van der Waals surface area contributed by atoms with Crippen molar-refractivity contribution in [3.63, 3.8) is 0 Å². The van der Waals surface area contributed by atoms with E-state index in [0.717, 1.165) is 30.6 Å². The topological polar surface area (TPSA) is 22.1 Å². The molecule has 128 valence electrons. The number of rotatable bonds is 7. The first-order chi connectivity index (χ1) is 12.2. The molecule has 25 heavy (non-hydrogen) atoms. The second-order valence-electron chi connectivity index (χ2n) is 5.82. The normalized spacial score (nSPS) is 10.6. The molecule has 0 spiro atoms. The summed E-state index contributed by atoms with van der Waals surface area (Å²) in [5.41, 5.74) is 2.59. The van der Waals surface area contributed by atoms with Crippen LogP contribution in [0, 0.1) is 5.82 Å². The summed E-state index contributed by atoms with van der Waals surface area (Å²) < 4.78 is 19.7. The van der Waals surface area contributed by atoms with Crippen LogP contribution in [0.15, 0.2) is 67.0 Å². The van der Waals surface area contributed by atoms with Crippen LogP contribution in [-0.4, -0.2) is 11.6 Å². The molecule has 0 radical (unpaired) electrons. The second kappa shape index (κ2) is 8.63. The highest BCUT2D eigenvalue weighted by atomic mass is 35.5. The number of benzene rings is 2. The van der Waals surface area contributed by atoms with E-state index in [1.54, 1.807) is 18.3 Å². The lowest BCUT2D eigenvalue weighted by atomic mass is 10.1. The Labute approximate surface area is 152 Å². The molecule has 4 heteroatoms. The summed E-state index contributed by atoms with van der Waals surface area (Å²) in [4.78, 5) is 4.11. The molecule has 0 unspecified atom stereocenters. The largest absolute Gasteiger partial charge is 0.494 e. The SMILES string of the molecule is Fc1cc(Cl)ccc1-c1ccc(OCCCCc2cccnc2)cc1. The highest BCUT2D eigenvalue weighted by Gasteiger charge is 2.06. The van der Waals surface area contributed by atoms with Crippen molar-refractivity contribution in [3.8, 4) is 16.9 Å². The fourth-order valence-corrected chi connectivity index (χ4v) is 2.78. The van der Waals surface area contributed by atoms with E-state index in [9.17, 15) is 4.39 Å². The van der Waals surface area contributed by atoms with Gasteiger partial charge in [-0.05, 0) is 66.8 Å². The molecule has 0 fully saturated rings. The van der Waals surface area contributed by atoms with Crippen molar-refractivity contribution in [2.45, 2.75) is 19.3 Å². The van der Waals surface area contributed by atoms with Gasteiger partial charge in [-0.25, -0.2) is 4.39 Å². The number of pyridine rings is 1. The zero-order valence-corrected chi connectivity index (χ0v) is 14.5. The molecular weight excluding hydrogens is 337 g/mol. The molecule has 2 nitrogen and oxygen atoms in total. The molecule has 0 atom stereocenters. The average Bonchev–Trinajstić information content (AvgIpc) is 2.63. The van der Waals surface area contributed by atoms with E-state index < -0.39 is 0 Å². The number of ether oxygens (including phenoxy) is 1. The Morgan fingerprint density at radius 3 is 2.56 bits per heavy atom. The van der Waals surface area contributed by atoms with E-state index in [4.69, 9.17) is 16.3 Å². The smallest absolute Gasteiger partial charge is 0.132 e. The van der Waals surface area contributed by atoms with Crippen LogP contribution in [0.2, 0.25) is 5.02 Å². The summed E-state index contributed by atoms with van der Waals surface area (Å²) in [7, 11) is 0. The number of halogens is 2. The molecule has 2 aromatic carbocycles. The molecule has 0 bridgehead atoms. The number of unbranched alkanes of at least 4 members (excludes halogenated alkanes) is 1. The van der Waals surface area contributed by atoms with Crippen LogP contribution < -0.4 is 4.74 Å². The van der Waals surface area contributed by atoms with Crippen LogP contribution in [0.5, 0.6) is 5.75 Å². The summed E-state index contributed by atoms with van der Waals surface area (Å²) in [6.45, 7) is 0.662. The van der Waals surface area contributed by atoms with Crippen LogP contribution in [-0.2, 0) is 6.42 Å². The van der Waals surface area contributed by atoms with Crippen molar-refractivity contribution >= 4 is 11.6 Å². The van der Waals surface area contributed by atoms with Gasteiger partial charge in [0.15, 0.2) is 0 Å². The quantitative estimate of drug-likeness (QED) is 0.489. The maximum atomic E-state index is 13.9. The van der Waals surface area contributed by atoms with Crippen molar-refractivity contribution < 1.29 is 9.13 Å². The molecule has 3 rings (SSSR count). The molecular formula is C21H19ClFNO. The van der Waals surface area contributed by atoms with Gasteiger partial charge in [0.2, 0.25) is 0 Å². The van der Waals surface area contributed by atoms with Gasteiger partial charge in [-0.15, -0.1) is 0 Å². The van der Waals surface area contributed by atoms with Gasteiger partial charge in [-0.2, -0.15) is 0 Å². The second-order valence-corrected chi connectivity index (χ2v) is 6.25. The van der Waals surface area contributed by atoms with Gasteiger partial charge in [0, 0.05) is 23.0 Å². The lowest BCUT2D eigenvalue weighted by Gasteiger charge is -2.08. The van der Waals surface area contributed by atoms with Gasteiger partial charge in [-0.1, -0.05) is 29.8 Å². The van der Waals surface area contributed by atoms with Crippen LogP contribution in [0.3, 0.4) is 0 Å². The molecule has 0 aliphatic heterocycles. The molecule has 0 saturated heterocycles. The Bertz CT molecular complexity index is 806. The fraction of sp³-hybridized carbons (Fsp3) is 0.190. The lowest BCUT2D eigenvalue weighted by Crippen LogP contribution is -1.98. The van der Waals surface area contributed by atoms with Gasteiger partial charge < -0.3 is 4.74 Å². The molecule has 1 heterocycles. The summed E-state index contributed by atoms with van der Waals surface area (Å²) in [6, 6.07) is 16.2. The molecule has 1 aromatic heterocycles. The van der Waals surface area contributed by atoms with E-state index in [1.807, 2.05) is 36.5 Å². The highest BCUT2D eigenvalue weighted by molar-refractivity contribution is 6.30. The van der Waals surface area contributed by atoms with E-state index in [1.165, 1.54) is 11.6 Å². The number of aromatic nitrogens is 1. The van der Waals surface area contributed by atoms with Crippen LogP contribution in [0.25, 0.3) is 11.1 Å². The predicted molar refractivity (Wildman–Crippen MR) is 99.5 cm³/mol. The lowest BCUT2D eigenvalue weighted by molar-refractivity contribution is 0.307. The Kier molecular flexibility index (Phi) is 6.02. The summed E-state index contributed by atoms with van der Waals surface area (Å²) >= 11 is 5.79. The maximum Gasteiger partial charge on any atom is 0.132 e. The van der Waals surface area contributed by atoms with E-state index in [-0.39, 0.29) is 5.82 Å². The Morgan fingerprint density at radius 1 is 1.00 bits per heavy atom. The monoisotopic (exact) mass is 355 g/mol. The minimum absolute atomic E-state index is 0.323. The first-order valence-electron chi connectivity index (χ1n) is 8.29. The van der Waals surface area contributed by atoms with Crippen molar-refractivity contribution in [2.24, 2.45) is 0 Å². The first kappa shape index (κ1) is 17.4. The summed E-state index contributed by atoms with van der Waals surface area (Å²) in [5.74, 6) is 0.469. The number of hydrogen-bond donors (Lipinski definition) is 0. The predicted octanol–water partition coefficient (Wildman–Crippen LogP) is 5.94. The minimum Gasteiger partial charge on any atom is -0.494 e. The van der Waals surface area contributed by atoms with Crippen LogP contribution in [0.1, 0.15) is 18.4 Å². The Morgan fingerprint density at radius 2 is 1.84 bits per heavy atom. The zero-order chi connectivity index (χ0) is 17.5. The van der Waals surface area contributed by atoms with Crippen molar-refractivity contribution in [2.75, 3.05) is 6.61 Å². The van der Waals surface area contributed by atoms with Gasteiger partial charge >= 0.3 is 0 Å². The third-order valence-electron chi connectivity index (χ3n) is 3.95. The van der Waals surface area contributed by atoms with Crippen LogP contribution >= 0.6 is 11.6 Å². The van der Waals surface area contributed by atoms with Crippen molar-refractivity contribution in [1.82, 2.24) is 4.98 Å². The highest BCUT2D eigenvalue weighted by Crippen LogP contribution is 2.27. The van der Waals surface area contributed by atoms with Gasteiger partial charge in [0.05, 0.1) is 6.61 Å². The van der Waals surface area contributed by atoms with E-state index >= 15 is 0 Å². The maximum absolute atomic E-state index is 13.9. The summed E-state index contributed by atoms with van der Waals surface area (Å²) in [5, 5.41) is 0.396. The van der Waals surface area contributed by atoms with Crippen molar-refractivity contribution in [1.29, 1.82) is 0 Å². The van der Waals surface area contributed by atoms with Crippen LogP contribution in [0.4, 0.5) is 4.39 Å². The Hall–Kier alpha value is -2.39. The average molecular weight is 356 g/mol. The molecule has 0 N–H and O–H groups in total. The van der Waals surface area contributed by atoms with Gasteiger partial charge in [0.25, 0.3) is 0 Å². The third kappa shape index (κ3) is 5.04. The summed E-state index contributed by atoms with van der Waals surface area (Å²) in [6.07, 6.45) is 6.72.